The average molecular weight is 535 g/mol. The number of nitrogens with one attached hydrogen (secondary N) is 1. The van der Waals surface area contributed by atoms with Crippen LogP contribution in [0, 0.1) is 11.3 Å². The van der Waals surface area contributed by atoms with Crippen LogP contribution < -0.4 is 10.2 Å². The number of aromatic nitrogens is 2. The number of anilines is 1. The summed E-state index contributed by atoms with van der Waals surface area (Å²) in [5, 5.41) is 17.2. The highest BCUT2D eigenvalue weighted by Gasteiger charge is 2.36. The summed E-state index contributed by atoms with van der Waals surface area (Å²) >= 11 is 0. The molecule has 1 N–H and O–H groups in total. The van der Waals surface area contributed by atoms with E-state index in [2.05, 4.69) is 50.9 Å². The van der Waals surface area contributed by atoms with Crippen molar-refractivity contribution in [3.8, 4) is 17.5 Å². The summed E-state index contributed by atoms with van der Waals surface area (Å²) in [6.07, 6.45) is 5.79. The van der Waals surface area contributed by atoms with Crippen molar-refractivity contribution in [1.82, 2.24) is 20.4 Å². The molecule has 8 heteroatoms. The van der Waals surface area contributed by atoms with Gasteiger partial charge in [0.1, 0.15) is 6.07 Å². The molecule has 3 heterocycles. The van der Waals surface area contributed by atoms with Gasteiger partial charge in [0, 0.05) is 48.4 Å². The number of nitrogens with zero attached hydrogens (tertiary/aromatic N) is 5. The van der Waals surface area contributed by atoms with Crippen molar-refractivity contribution in [2.45, 2.75) is 45.7 Å². The fourth-order valence-electron chi connectivity index (χ4n) is 5.62. The standard InChI is InChI=1S/C32H34N6O2/c1-6-10-26-27(7-2)34-31(39)25-12-9-8-11-24(25)29(26)37-15-16-38(21(5)19-37)28-14-13-22(17-23(28)18-33)32-35-30(20(3)4)36-40-32/h6-14,17,20-21,29H,2,15-16,19H2,1,3-5H3,(H,34,39)/b10-6-/t21-,29?/m1/s1. The molecule has 2 aromatic carbocycles. The van der Waals surface area contributed by atoms with Gasteiger partial charge in [-0.3, -0.25) is 9.69 Å². The summed E-state index contributed by atoms with van der Waals surface area (Å²) in [6, 6.07) is 15.9. The van der Waals surface area contributed by atoms with Crippen molar-refractivity contribution in [1.29, 1.82) is 5.26 Å². The Bertz CT molecular complexity index is 1540. The number of nitriles is 1. The maximum absolute atomic E-state index is 13.1. The minimum Gasteiger partial charge on any atom is -0.365 e. The van der Waals surface area contributed by atoms with E-state index in [-0.39, 0.29) is 23.9 Å². The van der Waals surface area contributed by atoms with Crippen LogP contribution in [0.3, 0.4) is 0 Å². The van der Waals surface area contributed by atoms with Crippen LogP contribution >= 0.6 is 0 Å². The second-order valence-corrected chi connectivity index (χ2v) is 10.5. The fourth-order valence-corrected chi connectivity index (χ4v) is 5.62. The minimum atomic E-state index is -0.123. The van der Waals surface area contributed by atoms with Crippen molar-refractivity contribution in [3.63, 3.8) is 0 Å². The third kappa shape index (κ3) is 4.96. The zero-order valence-corrected chi connectivity index (χ0v) is 23.4. The lowest BCUT2D eigenvalue weighted by Crippen LogP contribution is -2.53. The molecule has 0 aliphatic carbocycles. The number of rotatable bonds is 6. The lowest BCUT2D eigenvalue weighted by molar-refractivity contribution is 0.0966. The molecule has 1 aromatic heterocycles. The summed E-state index contributed by atoms with van der Waals surface area (Å²) in [5.41, 5.74) is 5.58. The van der Waals surface area contributed by atoms with Crippen LogP contribution in [0.4, 0.5) is 5.69 Å². The molecule has 1 amide bonds. The quantitative estimate of drug-likeness (QED) is 0.430. The number of carbonyl (C=O) groups is 1. The van der Waals surface area contributed by atoms with E-state index >= 15 is 0 Å². The molecule has 3 aromatic rings. The molecule has 2 atom stereocenters. The highest BCUT2D eigenvalue weighted by Crippen LogP contribution is 2.38. The molecule has 8 nitrogen and oxygen atoms in total. The molecular formula is C32H34N6O2. The molecular weight excluding hydrogens is 500 g/mol. The van der Waals surface area contributed by atoms with Gasteiger partial charge >= 0.3 is 0 Å². The minimum absolute atomic E-state index is 0.112. The van der Waals surface area contributed by atoms with Crippen LogP contribution in [0.1, 0.15) is 67.0 Å². The van der Waals surface area contributed by atoms with E-state index in [1.807, 2.05) is 69.3 Å². The van der Waals surface area contributed by atoms with Crippen LogP contribution in [0.15, 0.2) is 83.1 Å². The SMILES string of the molecule is C=CC1=C(/C=C\C)C(N2CCN(c3ccc(-c4nc(C(C)C)no4)cc3C#N)[C@H](C)C2)c2ccccc2C(=O)N1. The Morgan fingerprint density at radius 2 is 2.02 bits per heavy atom. The Hall–Kier alpha value is -4.48. The summed E-state index contributed by atoms with van der Waals surface area (Å²) in [7, 11) is 0. The average Bonchev–Trinajstić information content (AvgIpc) is 3.43. The van der Waals surface area contributed by atoms with Crippen molar-refractivity contribution < 1.29 is 9.32 Å². The van der Waals surface area contributed by atoms with Crippen molar-refractivity contribution in [3.05, 3.63) is 101 Å². The highest BCUT2D eigenvalue weighted by molar-refractivity contribution is 5.98. The van der Waals surface area contributed by atoms with Crippen molar-refractivity contribution >= 4 is 11.6 Å². The van der Waals surface area contributed by atoms with Crippen molar-refractivity contribution in [2.24, 2.45) is 0 Å². The molecule has 0 saturated carbocycles. The number of allylic oxidation sites excluding steroid dienone is 2. The van der Waals surface area contributed by atoms with Gasteiger partial charge in [0.15, 0.2) is 5.82 Å². The summed E-state index contributed by atoms with van der Waals surface area (Å²) < 4.78 is 5.46. The van der Waals surface area contributed by atoms with E-state index in [1.54, 1.807) is 6.08 Å². The van der Waals surface area contributed by atoms with Gasteiger partial charge in [0.05, 0.1) is 17.3 Å². The van der Waals surface area contributed by atoms with Gasteiger partial charge in [0.2, 0.25) is 0 Å². The summed E-state index contributed by atoms with van der Waals surface area (Å²) in [4.78, 5) is 22.3. The molecule has 1 saturated heterocycles. The third-order valence-electron chi connectivity index (χ3n) is 7.56. The first-order chi connectivity index (χ1) is 19.4. The van der Waals surface area contributed by atoms with Gasteiger partial charge in [-0.1, -0.05) is 55.9 Å². The topological polar surface area (TPSA) is 98.3 Å². The number of carbonyl (C=O) groups excluding carboxylic acids is 1. The number of hydrogen-bond donors (Lipinski definition) is 1. The first-order valence-corrected chi connectivity index (χ1v) is 13.6. The van der Waals surface area contributed by atoms with E-state index in [1.165, 1.54) is 0 Å². The van der Waals surface area contributed by atoms with Gasteiger partial charge in [0.25, 0.3) is 11.8 Å². The molecule has 0 radical (unpaired) electrons. The second-order valence-electron chi connectivity index (χ2n) is 10.5. The van der Waals surface area contributed by atoms with E-state index in [0.29, 0.717) is 22.8 Å². The van der Waals surface area contributed by atoms with Gasteiger partial charge in [-0.2, -0.15) is 10.2 Å². The number of fused-ring (bicyclic) bond motifs is 1. The highest BCUT2D eigenvalue weighted by atomic mass is 16.5. The van der Waals surface area contributed by atoms with Gasteiger partial charge < -0.3 is 14.7 Å². The fraction of sp³-hybridized carbons (Fsp3) is 0.312. The van der Waals surface area contributed by atoms with Gasteiger partial charge in [-0.15, -0.1) is 0 Å². The zero-order valence-electron chi connectivity index (χ0n) is 23.4. The van der Waals surface area contributed by atoms with Crippen LogP contribution in [-0.2, 0) is 0 Å². The monoisotopic (exact) mass is 534 g/mol. The number of hydrogen-bond acceptors (Lipinski definition) is 7. The van der Waals surface area contributed by atoms with E-state index < -0.39 is 0 Å². The van der Waals surface area contributed by atoms with Crippen LogP contribution in [0.5, 0.6) is 0 Å². The summed E-state index contributed by atoms with van der Waals surface area (Å²) in [5.74, 6) is 1.10. The Morgan fingerprint density at radius 1 is 1.23 bits per heavy atom. The first-order valence-electron chi connectivity index (χ1n) is 13.6. The third-order valence-corrected chi connectivity index (χ3v) is 7.56. The summed E-state index contributed by atoms with van der Waals surface area (Å²) in [6.45, 7) is 14.4. The molecule has 2 aliphatic rings. The maximum Gasteiger partial charge on any atom is 0.257 e. The van der Waals surface area contributed by atoms with Gasteiger partial charge in [-0.05, 0) is 55.3 Å². The number of amides is 1. The smallest absolute Gasteiger partial charge is 0.257 e. The Morgan fingerprint density at radius 3 is 2.70 bits per heavy atom. The number of benzene rings is 2. The van der Waals surface area contributed by atoms with Gasteiger partial charge in [-0.25, -0.2) is 0 Å². The predicted octanol–water partition coefficient (Wildman–Crippen LogP) is 5.74. The molecule has 204 valence electrons. The van der Waals surface area contributed by atoms with Crippen LogP contribution in [-0.4, -0.2) is 46.6 Å². The predicted molar refractivity (Wildman–Crippen MR) is 156 cm³/mol. The Balaban J connectivity index is 1.46. The maximum atomic E-state index is 13.1. The van der Waals surface area contributed by atoms with E-state index in [9.17, 15) is 10.1 Å². The second kappa shape index (κ2) is 11.3. The lowest BCUT2D eigenvalue weighted by atomic mass is 9.91. The Kier molecular flexibility index (Phi) is 7.67. The largest absolute Gasteiger partial charge is 0.365 e. The molecule has 5 rings (SSSR count). The molecule has 1 unspecified atom stereocenters. The molecule has 0 bridgehead atoms. The molecule has 1 fully saturated rings. The zero-order chi connectivity index (χ0) is 28.4. The normalized spacial score (nSPS) is 19.9. The number of piperazine rings is 1. The Labute approximate surface area is 235 Å². The van der Waals surface area contributed by atoms with E-state index in [0.717, 1.165) is 47.7 Å². The molecule has 40 heavy (non-hydrogen) atoms. The molecule has 2 aliphatic heterocycles. The van der Waals surface area contributed by atoms with Crippen molar-refractivity contribution in [2.75, 3.05) is 24.5 Å². The first kappa shape index (κ1) is 27.1. The van der Waals surface area contributed by atoms with Crippen LogP contribution in [0.2, 0.25) is 0 Å². The molecule has 0 spiro atoms. The van der Waals surface area contributed by atoms with E-state index in [4.69, 9.17) is 4.52 Å². The lowest BCUT2D eigenvalue weighted by Gasteiger charge is -2.45. The van der Waals surface area contributed by atoms with Crippen LogP contribution in [0.25, 0.3) is 11.5 Å².